The molecule has 1 saturated heterocycles. The Bertz CT molecular complexity index is 826. The average molecular weight is 385 g/mol. The molecule has 7 heteroatoms. The second-order valence-electron chi connectivity index (χ2n) is 6.73. The van der Waals surface area contributed by atoms with Crippen LogP contribution in [0.3, 0.4) is 0 Å². The molecule has 0 bridgehead atoms. The molecule has 1 aromatic carbocycles. The second-order valence-corrected chi connectivity index (χ2v) is 7.65. The summed E-state index contributed by atoms with van der Waals surface area (Å²) in [5, 5.41) is 5.00. The number of hydrogen-bond acceptors (Lipinski definition) is 5. The van der Waals surface area contributed by atoms with Crippen LogP contribution in [0.25, 0.3) is 0 Å². The lowest BCUT2D eigenvalue weighted by atomic mass is 9.88. The smallest absolute Gasteiger partial charge is 0.251 e. The van der Waals surface area contributed by atoms with Gasteiger partial charge >= 0.3 is 0 Å². The van der Waals surface area contributed by atoms with Gasteiger partial charge in [0.1, 0.15) is 5.00 Å². The van der Waals surface area contributed by atoms with Crippen molar-refractivity contribution in [2.24, 2.45) is 11.7 Å². The molecule has 2 amide bonds. The Morgan fingerprint density at radius 1 is 1.15 bits per heavy atom. The molecule has 1 fully saturated rings. The van der Waals surface area contributed by atoms with Gasteiger partial charge in [-0.3, -0.25) is 19.3 Å². The lowest BCUT2D eigenvalue weighted by Crippen LogP contribution is -2.47. The molecule has 3 N–H and O–H groups in total. The molecule has 1 aliphatic rings. The number of piperidine rings is 1. The van der Waals surface area contributed by atoms with E-state index in [1.54, 1.807) is 11.4 Å². The van der Waals surface area contributed by atoms with Crippen LogP contribution in [0.5, 0.6) is 0 Å². The molecule has 0 aliphatic carbocycles. The first-order valence-corrected chi connectivity index (χ1v) is 9.87. The van der Waals surface area contributed by atoms with E-state index in [0.717, 1.165) is 18.4 Å². The average Bonchev–Trinajstić information content (AvgIpc) is 3.16. The second kappa shape index (κ2) is 8.45. The van der Waals surface area contributed by atoms with E-state index in [-0.39, 0.29) is 23.7 Å². The van der Waals surface area contributed by atoms with E-state index in [4.69, 9.17) is 5.73 Å². The van der Waals surface area contributed by atoms with Gasteiger partial charge < -0.3 is 11.1 Å². The maximum absolute atomic E-state index is 12.6. The van der Waals surface area contributed by atoms with E-state index < -0.39 is 5.91 Å². The quantitative estimate of drug-likeness (QED) is 0.748. The highest BCUT2D eigenvalue weighted by atomic mass is 32.1. The minimum absolute atomic E-state index is 0.00216. The summed E-state index contributed by atoms with van der Waals surface area (Å²) in [7, 11) is 0. The molecular weight excluding hydrogens is 362 g/mol. The first-order chi connectivity index (χ1) is 13.0. The van der Waals surface area contributed by atoms with Crippen LogP contribution < -0.4 is 11.1 Å². The highest BCUT2D eigenvalue weighted by Gasteiger charge is 2.30. The van der Waals surface area contributed by atoms with Gasteiger partial charge in [-0.25, -0.2) is 0 Å². The number of primary amides is 1. The van der Waals surface area contributed by atoms with Crippen LogP contribution in [0.2, 0.25) is 0 Å². The Kier molecular flexibility index (Phi) is 6.03. The molecular formula is C20H23N3O3S. The summed E-state index contributed by atoms with van der Waals surface area (Å²) >= 11 is 1.28. The minimum Gasteiger partial charge on any atom is -0.366 e. The van der Waals surface area contributed by atoms with E-state index >= 15 is 0 Å². The largest absolute Gasteiger partial charge is 0.366 e. The topological polar surface area (TPSA) is 92.5 Å². The molecule has 0 saturated carbocycles. The zero-order valence-corrected chi connectivity index (χ0v) is 16.0. The van der Waals surface area contributed by atoms with Crippen LogP contribution in [0.15, 0.2) is 41.8 Å². The molecule has 1 atom stereocenters. The first kappa shape index (κ1) is 19.3. The lowest BCUT2D eigenvalue weighted by Gasteiger charge is -2.34. The Hall–Kier alpha value is -2.51. The third kappa shape index (κ3) is 4.43. The molecule has 2 heterocycles. The number of anilines is 1. The number of amides is 2. The summed E-state index contributed by atoms with van der Waals surface area (Å²) in [6, 6.07) is 10.6. The van der Waals surface area contributed by atoms with Gasteiger partial charge in [-0.2, -0.15) is 0 Å². The summed E-state index contributed by atoms with van der Waals surface area (Å²) in [5.41, 5.74) is 6.39. The SMILES string of the molecule is C[C@H](C(=O)Nc1sccc1C(N)=O)N1CCC(C(=O)c2ccccc2)CC1. The Morgan fingerprint density at radius 3 is 2.44 bits per heavy atom. The van der Waals surface area contributed by atoms with Crippen LogP contribution in [0.4, 0.5) is 5.00 Å². The third-order valence-electron chi connectivity index (χ3n) is 5.05. The number of ketones is 1. The fourth-order valence-corrected chi connectivity index (χ4v) is 4.16. The van der Waals surface area contributed by atoms with Crippen molar-refractivity contribution in [1.82, 2.24) is 4.90 Å². The number of rotatable bonds is 6. The third-order valence-corrected chi connectivity index (χ3v) is 5.88. The standard InChI is InChI=1S/C20H23N3O3S/c1-13(19(26)22-20-16(18(21)25)9-12-27-20)23-10-7-15(8-11-23)17(24)14-5-3-2-4-6-14/h2-6,9,12-13,15H,7-8,10-11H2,1H3,(H2,21,25)(H,22,26)/t13-/m1/s1. The molecule has 1 aromatic heterocycles. The normalized spacial score (nSPS) is 16.6. The zero-order chi connectivity index (χ0) is 19.4. The lowest BCUT2D eigenvalue weighted by molar-refractivity contribution is -0.121. The molecule has 2 aromatic rings. The van der Waals surface area contributed by atoms with Gasteiger partial charge in [0, 0.05) is 11.5 Å². The molecule has 0 spiro atoms. The molecule has 0 radical (unpaired) electrons. The van der Waals surface area contributed by atoms with E-state index in [9.17, 15) is 14.4 Å². The van der Waals surface area contributed by atoms with Crippen LogP contribution in [-0.2, 0) is 4.79 Å². The van der Waals surface area contributed by atoms with Crippen molar-refractivity contribution in [3.05, 3.63) is 52.9 Å². The van der Waals surface area contributed by atoms with Gasteiger partial charge in [-0.15, -0.1) is 11.3 Å². The fraction of sp³-hybridized carbons (Fsp3) is 0.350. The molecule has 0 unspecified atom stereocenters. The maximum atomic E-state index is 12.6. The van der Waals surface area contributed by atoms with Crippen LogP contribution in [0.1, 0.15) is 40.5 Å². The van der Waals surface area contributed by atoms with Crippen molar-refractivity contribution < 1.29 is 14.4 Å². The van der Waals surface area contributed by atoms with Gasteiger partial charge in [0.05, 0.1) is 11.6 Å². The van der Waals surface area contributed by atoms with Crippen LogP contribution in [-0.4, -0.2) is 41.6 Å². The summed E-state index contributed by atoms with van der Waals surface area (Å²) < 4.78 is 0. The van der Waals surface area contributed by atoms with Gasteiger partial charge in [-0.1, -0.05) is 30.3 Å². The summed E-state index contributed by atoms with van der Waals surface area (Å²) in [5.74, 6) is -0.554. The fourth-order valence-electron chi connectivity index (χ4n) is 3.37. The van der Waals surface area contributed by atoms with E-state index in [1.807, 2.05) is 37.3 Å². The van der Waals surface area contributed by atoms with Crippen molar-refractivity contribution in [3.63, 3.8) is 0 Å². The zero-order valence-electron chi connectivity index (χ0n) is 15.2. The van der Waals surface area contributed by atoms with E-state index in [1.165, 1.54) is 11.3 Å². The van der Waals surface area contributed by atoms with Gasteiger partial charge in [0.2, 0.25) is 5.91 Å². The van der Waals surface area contributed by atoms with E-state index in [2.05, 4.69) is 10.2 Å². The summed E-state index contributed by atoms with van der Waals surface area (Å²) in [6.07, 6.45) is 1.47. The first-order valence-electron chi connectivity index (χ1n) is 8.99. The monoisotopic (exact) mass is 385 g/mol. The number of nitrogens with two attached hydrogens (primary N) is 1. The summed E-state index contributed by atoms with van der Waals surface area (Å²) in [6.45, 7) is 3.21. The highest BCUT2D eigenvalue weighted by molar-refractivity contribution is 7.14. The number of likely N-dealkylation sites (tertiary alicyclic amines) is 1. The predicted octanol–water partition coefficient (Wildman–Crippen LogP) is 2.77. The van der Waals surface area contributed by atoms with Crippen LogP contribution >= 0.6 is 11.3 Å². The summed E-state index contributed by atoms with van der Waals surface area (Å²) in [4.78, 5) is 38.6. The number of nitrogens with one attached hydrogen (secondary N) is 1. The number of hydrogen-bond donors (Lipinski definition) is 2. The minimum atomic E-state index is -0.556. The predicted molar refractivity (Wildman–Crippen MR) is 106 cm³/mol. The Balaban J connectivity index is 1.55. The molecule has 1 aliphatic heterocycles. The van der Waals surface area contributed by atoms with Crippen LogP contribution in [0, 0.1) is 5.92 Å². The number of benzene rings is 1. The van der Waals surface area contributed by atoms with Gasteiger partial charge in [-0.05, 0) is 44.3 Å². The number of thiophene rings is 1. The van der Waals surface area contributed by atoms with Crippen molar-refractivity contribution in [2.45, 2.75) is 25.8 Å². The van der Waals surface area contributed by atoms with Gasteiger partial charge in [0.15, 0.2) is 5.78 Å². The Labute approximate surface area is 162 Å². The number of carbonyl (C=O) groups is 3. The number of nitrogens with zero attached hydrogens (tertiary/aromatic N) is 1. The molecule has 3 rings (SSSR count). The van der Waals surface area contributed by atoms with Crippen molar-refractivity contribution in [1.29, 1.82) is 0 Å². The number of Topliss-reactive ketones (excluding diaryl/α,β-unsaturated/α-hetero) is 1. The van der Waals surface area contributed by atoms with E-state index in [0.29, 0.717) is 23.7 Å². The molecule has 6 nitrogen and oxygen atoms in total. The van der Waals surface area contributed by atoms with Crippen molar-refractivity contribution in [2.75, 3.05) is 18.4 Å². The number of carbonyl (C=O) groups excluding carboxylic acids is 3. The van der Waals surface area contributed by atoms with Gasteiger partial charge in [0.25, 0.3) is 5.91 Å². The molecule has 142 valence electrons. The van der Waals surface area contributed by atoms with Crippen molar-refractivity contribution >= 4 is 33.9 Å². The highest BCUT2D eigenvalue weighted by Crippen LogP contribution is 2.25. The molecule has 27 heavy (non-hydrogen) atoms. The maximum Gasteiger partial charge on any atom is 0.251 e. The van der Waals surface area contributed by atoms with Crippen molar-refractivity contribution in [3.8, 4) is 0 Å². The Morgan fingerprint density at radius 2 is 1.81 bits per heavy atom.